The maximum Gasteiger partial charge on any atom is 0.304 e. The Kier molecular flexibility index (Phi) is 7.81. The summed E-state index contributed by atoms with van der Waals surface area (Å²) in [6.07, 6.45) is 8.52. The zero-order valence-corrected chi connectivity index (χ0v) is 21.3. The van der Waals surface area contributed by atoms with E-state index >= 15 is 0 Å². The zero-order chi connectivity index (χ0) is 25.6. The summed E-state index contributed by atoms with van der Waals surface area (Å²) in [5.74, 6) is -0.649. The van der Waals surface area contributed by atoms with Crippen LogP contribution in [0.5, 0.6) is 5.88 Å². The Morgan fingerprint density at radius 3 is 2.97 bits per heavy atom. The molecule has 2 aliphatic rings. The van der Waals surface area contributed by atoms with Crippen molar-refractivity contribution in [1.29, 1.82) is 0 Å². The number of carbonyl (C=O) groups is 1. The van der Waals surface area contributed by atoms with Crippen molar-refractivity contribution >= 4 is 40.0 Å². The lowest BCUT2D eigenvalue weighted by Gasteiger charge is -2.36. The number of fused-ring (bicyclic) bond motifs is 1. The molecule has 1 fully saturated rings. The number of likely N-dealkylation sites (tertiary alicyclic amines) is 1. The maximum atomic E-state index is 12.3. The van der Waals surface area contributed by atoms with Crippen LogP contribution < -0.4 is 0 Å². The fraction of sp³-hybridized carbons (Fsp3) is 0.346. The second-order valence-corrected chi connectivity index (χ2v) is 9.82. The number of azo groups is 1. The number of aromatic hydroxyl groups is 1. The predicted octanol–water partition coefficient (Wildman–Crippen LogP) is 5.49. The van der Waals surface area contributed by atoms with E-state index in [-0.39, 0.29) is 29.7 Å². The van der Waals surface area contributed by atoms with Gasteiger partial charge in [-0.3, -0.25) is 19.2 Å². The Morgan fingerprint density at radius 1 is 1.27 bits per heavy atom. The first-order chi connectivity index (χ1) is 18.1. The highest BCUT2D eigenvalue weighted by Crippen LogP contribution is 2.40. The van der Waals surface area contributed by atoms with Gasteiger partial charge in [0.2, 0.25) is 5.88 Å². The van der Waals surface area contributed by atoms with Gasteiger partial charge in [0, 0.05) is 35.8 Å². The number of aromatic nitrogens is 2. The Morgan fingerprint density at radius 2 is 2.16 bits per heavy atom. The van der Waals surface area contributed by atoms with Crippen molar-refractivity contribution < 1.29 is 19.5 Å². The number of para-hydroxylation sites is 1. The number of nitrogens with zero attached hydrogens (tertiary/aromatic N) is 6. The van der Waals surface area contributed by atoms with Crippen LogP contribution in [0.3, 0.4) is 0 Å². The third-order valence-corrected chi connectivity index (χ3v) is 7.35. The Bertz CT molecular complexity index is 1330. The SMILES string of the molecule is C/C(=N/OCC(=O)N=Nc1c(O)n(CN2CCCC[C@H]2c2cccnc2)c2ccccc12)[C@@H]1OC=CS1. The van der Waals surface area contributed by atoms with Gasteiger partial charge >= 0.3 is 5.91 Å². The third-order valence-electron chi connectivity index (χ3n) is 6.38. The molecule has 0 saturated carbocycles. The van der Waals surface area contributed by atoms with Crippen LogP contribution in [0.4, 0.5) is 5.69 Å². The minimum atomic E-state index is -0.612. The minimum absolute atomic E-state index is 0.0362. The number of thioether (sulfide) groups is 1. The maximum absolute atomic E-state index is 12.3. The Labute approximate surface area is 218 Å². The molecule has 37 heavy (non-hydrogen) atoms. The number of piperidine rings is 1. The van der Waals surface area contributed by atoms with Gasteiger partial charge < -0.3 is 14.7 Å². The monoisotopic (exact) mass is 520 g/mol. The van der Waals surface area contributed by atoms with Gasteiger partial charge in [0.1, 0.15) is 5.71 Å². The van der Waals surface area contributed by atoms with E-state index in [0.717, 1.165) is 36.9 Å². The van der Waals surface area contributed by atoms with E-state index in [1.54, 1.807) is 19.4 Å². The van der Waals surface area contributed by atoms with Gasteiger partial charge in [-0.15, -0.1) is 10.2 Å². The predicted molar refractivity (Wildman–Crippen MR) is 141 cm³/mol. The lowest BCUT2D eigenvalue weighted by molar-refractivity contribution is -0.122. The summed E-state index contributed by atoms with van der Waals surface area (Å²) >= 11 is 1.46. The molecule has 1 amide bonds. The van der Waals surface area contributed by atoms with E-state index < -0.39 is 5.91 Å². The smallest absolute Gasteiger partial charge is 0.304 e. The average molecular weight is 521 g/mol. The molecule has 2 atom stereocenters. The Hall–Kier alpha value is -3.70. The number of pyridine rings is 1. The quantitative estimate of drug-likeness (QED) is 0.237. The molecule has 0 spiro atoms. The van der Waals surface area contributed by atoms with Crippen LogP contribution in [0, 0.1) is 0 Å². The first-order valence-electron chi connectivity index (χ1n) is 12.1. The van der Waals surface area contributed by atoms with Crippen LogP contribution in [-0.2, 0) is 21.0 Å². The number of benzene rings is 1. The molecule has 2 aromatic heterocycles. The van der Waals surface area contributed by atoms with Crippen molar-refractivity contribution in [2.45, 2.75) is 44.3 Å². The van der Waals surface area contributed by atoms with Crippen LogP contribution in [0.2, 0.25) is 0 Å². The molecule has 4 heterocycles. The van der Waals surface area contributed by atoms with Crippen molar-refractivity contribution in [2.75, 3.05) is 13.2 Å². The number of hydrogen-bond donors (Lipinski definition) is 1. The summed E-state index contributed by atoms with van der Waals surface area (Å²) in [6, 6.07) is 11.8. The van der Waals surface area contributed by atoms with Gasteiger partial charge in [-0.25, -0.2) is 0 Å². The Balaban J connectivity index is 1.32. The number of rotatable bonds is 8. The third kappa shape index (κ3) is 5.67. The highest BCUT2D eigenvalue weighted by atomic mass is 32.2. The first-order valence-corrected chi connectivity index (χ1v) is 13.1. The molecular weight excluding hydrogens is 492 g/mol. The van der Waals surface area contributed by atoms with Crippen molar-refractivity contribution in [3.05, 3.63) is 66.0 Å². The van der Waals surface area contributed by atoms with Crippen molar-refractivity contribution in [2.24, 2.45) is 15.4 Å². The van der Waals surface area contributed by atoms with E-state index in [2.05, 4.69) is 31.3 Å². The highest BCUT2D eigenvalue weighted by Gasteiger charge is 2.27. The molecule has 0 radical (unpaired) electrons. The van der Waals surface area contributed by atoms with Crippen LogP contribution in [0.1, 0.15) is 37.8 Å². The van der Waals surface area contributed by atoms with Gasteiger partial charge in [0.15, 0.2) is 17.7 Å². The molecule has 0 unspecified atom stereocenters. The van der Waals surface area contributed by atoms with E-state index in [1.165, 1.54) is 11.8 Å². The fourth-order valence-electron chi connectivity index (χ4n) is 4.61. The van der Waals surface area contributed by atoms with Gasteiger partial charge in [-0.05, 0) is 37.5 Å². The van der Waals surface area contributed by atoms with Crippen molar-refractivity contribution in [3.8, 4) is 5.88 Å². The fourth-order valence-corrected chi connectivity index (χ4v) is 5.25. The molecule has 5 rings (SSSR count). The number of amides is 1. The molecule has 3 aromatic rings. The molecular formula is C26H28N6O4S. The summed E-state index contributed by atoms with van der Waals surface area (Å²) < 4.78 is 7.15. The van der Waals surface area contributed by atoms with E-state index in [0.29, 0.717) is 17.8 Å². The molecule has 2 aliphatic heterocycles. The van der Waals surface area contributed by atoms with E-state index in [9.17, 15) is 9.90 Å². The molecule has 1 N–H and O–H groups in total. The summed E-state index contributed by atoms with van der Waals surface area (Å²) in [5.41, 5.74) is 2.58. The second-order valence-electron chi connectivity index (χ2n) is 8.85. The standard InChI is InChI=1S/C26H28N6O4S/c1-18(26-35-13-14-37-26)30-36-16-23(33)28-29-24-20-8-2-3-10-22(20)32(25(24)34)17-31-12-5-4-9-21(31)19-7-6-11-27-15-19/h2-3,6-8,10-11,13-15,21,26,34H,4-5,9,12,16-17H2,1H3/b29-28?,30-18-/t21-,26+/m0/s1. The van der Waals surface area contributed by atoms with Crippen LogP contribution >= 0.6 is 11.8 Å². The molecule has 0 aliphatic carbocycles. The minimum Gasteiger partial charge on any atom is -0.493 e. The normalized spacial score (nSPS) is 20.5. The molecule has 1 aromatic carbocycles. The van der Waals surface area contributed by atoms with Crippen molar-refractivity contribution in [1.82, 2.24) is 14.5 Å². The van der Waals surface area contributed by atoms with Crippen LogP contribution in [-0.4, -0.2) is 49.8 Å². The van der Waals surface area contributed by atoms with Crippen LogP contribution in [0.25, 0.3) is 10.9 Å². The van der Waals surface area contributed by atoms with Crippen LogP contribution in [0.15, 0.2) is 75.8 Å². The number of ether oxygens (including phenoxy) is 1. The summed E-state index contributed by atoms with van der Waals surface area (Å²) in [7, 11) is 0. The molecule has 0 bridgehead atoms. The number of oxime groups is 1. The molecule has 10 nitrogen and oxygen atoms in total. The number of hydrogen-bond acceptors (Lipinski definition) is 9. The van der Waals surface area contributed by atoms with Gasteiger partial charge in [0.25, 0.3) is 0 Å². The lowest BCUT2D eigenvalue weighted by atomic mass is 9.97. The van der Waals surface area contributed by atoms with Gasteiger partial charge in [-0.2, -0.15) is 0 Å². The highest BCUT2D eigenvalue weighted by molar-refractivity contribution is 8.03. The summed E-state index contributed by atoms with van der Waals surface area (Å²) in [5, 5.41) is 25.5. The molecule has 11 heteroatoms. The number of carbonyl (C=O) groups excluding carboxylic acids is 1. The summed E-state index contributed by atoms with van der Waals surface area (Å²) in [6.45, 7) is 2.76. The van der Waals surface area contributed by atoms with Gasteiger partial charge in [-0.1, -0.05) is 47.6 Å². The van der Waals surface area contributed by atoms with E-state index in [1.807, 2.05) is 46.5 Å². The van der Waals surface area contributed by atoms with E-state index in [4.69, 9.17) is 9.57 Å². The molecule has 1 saturated heterocycles. The topological polar surface area (TPSA) is 114 Å². The average Bonchev–Trinajstić information content (AvgIpc) is 3.56. The van der Waals surface area contributed by atoms with Crippen molar-refractivity contribution in [3.63, 3.8) is 0 Å². The lowest BCUT2D eigenvalue weighted by Crippen LogP contribution is -2.34. The first kappa shape index (κ1) is 25.0. The zero-order valence-electron chi connectivity index (χ0n) is 20.4. The largest absolute Gasteiger partial charge is 0.493 e. The second kappa shape index (κ2) is 11.6. The van der Waals surface area contributed by atoms with Gasteiger partial charge in [0.05, 0.1) is 18.4 Å². The molecule has 192 valence electrons. The summed E-state index contributed by atoms with van der Waals surface area (Å²) in [4.78, 5) is 24.0.